The monoisotopic (exact) mass is 542 g/mol. The van der Waals surface area contributed by atoms with Crippen LogP contribution < -0.4 is 4.74 Å². The second kappa shape index (κ2) is 12.7. The average molecular weight is 543 g/mol. The third-order valence-corrected chi connectivity index (χ3v) is 8.57. The number of fused-ring (bicyclic) bond motifs is 1. The Morgan fingerprint density at radius 1 is 0.900 bits per heavy atom. The van der Waals surface area contributed by atoms with Crippen LogP contribution in [0.3, 0.4) is 0 Å². The molecule has 0 saturated heterocycles. The van der Waals surface area contributed by atoms with Gasteiger partial charge >= 0.3 is 0 Å². The van der Waals surface area contributed by atoms with E-state index in [1.54, 1.807) is 12.1 Å². The molecule has 1 atom stereocenters. The zero-order chi connectivity index (χ0) is 28.0. The van der Waals surface area contributed by atoms with Crippen molar-refractivity contribution in [2.45, 2.75) is 63.3 Å². The third-order valence-electron chi connectivity index (χ3n) is 8.57. The van der Waals surface area contributed by atoms with Crippen molar-refractivity contribution in [1.29, 1.82) is 0 Å². The fourth-order valence-electron chi connectivity index (χ4n) is 6.36. The molecule has 1 aliphatic carbocycles. The SMILES string of the molecule is CCN1CCCCN(C(=O)C2(c3ccc(F)cc3)CCCC2)[C@H](Cc2ccccc2)COc2ccccc2C1=O. The van der Waals surface area contributed by atoms with E-state index in [2.05, 4.69) is 12.1 Å². The Morgan fingerprint density at radius 2 is 1.57 bits per heavy atom. The van der Waals surface area contributed by atoms with E-state index in [0.717, 1.165) is 49.7 Å². The molecule has 1 saturated carbocycles. The van der Waals surface area contributed by atoms with Crippen molar-refractivity contribution in [2.75, 3.05) is 26.2 Å². The Morgan fingerprint density at radius 3 is 2.30 bits per heavy atom. The van der Waals surface area contributed by atoms with E-state index in [4.69, 9.17) is 4.74 Å². The van der Waals surface area contributed by atoms with E-state index in [1.165, 1.54) is 12.1 Å². The molecule has 2 aliphatic rings. The summed E-state index contributed by atoms with van der Waals surface area (Å²) in [6, 6.07) is 23.9. The molecule has 0 aromatic heterocycles. The molecule has 210 valence electrons. The predicted octanol–water partition coefficient (Wildman–Crippen LogP) is 6.41. The second-order valence-corrected chi connectivity index (χ2v) is 11.0. The molecule has 5 rings (SSSR count). The molecular formula is C34H39FN2O3. The van der Waals surface area contributed by atoms with Gasteiger partial charge in [-0.1, -0.05) is 67.4 Å². The van der Waals surface area contributed by atoms with E-state index in [0.29, 0.717) is 37.4 Å². The summed E-state index contributed by atoms with van der Waals surface area (Å²) in [7, 11) is 0. The van der Waals surface area contributed by atoms with Crippen LogP contribution in [0.25, 0.3) is 0 Å². The van der Waals surface area contributed by atoms with Gasteiger partial charge in [0.1, 0.15) is 18.2 Å². The maximum Gasteiger partial charge on any atom is 0.257 e. The van der Waals surface area contributed by atoms with Gasteiger partial charge in [-0.05, 0) is 74.4 Å². The fraction of sp³-hybridized carbons (Fsp3) is 0.412. The highest BCUT2D eigenvalue weighted by Gasteiger charge is 2.46. The molecular weight excluding hydrogens is 503 g/mol. The average Bonchev–Trinajstić information content (AvgIpc) is 3.49. The first-order chi connectivity index (χ1) is 19.5. The molecule has 1 fully saturated rings. The van der Waals surface area contributed by atoms with Crippen LogP contribution in [-0.2, 0) is 16.6 Å². The van der Waals surface area contributed by atoms with Gasteiger partial charge in [0.25, 0.3) is 5.91 Å². The first kappa shape index (κ1) is 27.9. The Labute approximate surface area is 236 Å². The largest absolute Gasteiger partial charge is 0.491 e. The highest BCUT2D eigenvalue weighted by atomic mass is 19.1. The number of carbonyl (C=O) groups is 2. The van der Waals surface area contributed by atoms with E-state index >= 15 is 0 Å². The number of carbonyl (C=O) groups excluding carboxylic acids is 2. The second-order valence-electron chi connectivity index (χ2n) is 11.0. The molecule has 3 aromatic rings. The van der Waals surface area contributed by atoms with Crippen LogP contribution in [0.15, 0.2) is 78.9 Å². The molecule has 1 aliphatic heterocycles. The number of para-hydroxylation sites is 1. The smallest absolute Gasteiger partial charge is 0.257 e. The van der Waals surface area contributed by atoms with E-state index < -0.39 is 5.41 Å². The number of hydrogen-bond donors (Lipinski definition) is 0. The molecule has 5 nitrogen and oxygen atoms in total. The first-order valence-corrected chi connectivity index (χ1v) is 14.6. The zero-order valence-electron chi connectivity index (χ0n) is 23.4. The summed E-state index contributed by atoms with van der Waals surface area (Å²) in [4.78, 5) is 32.0. The lowest BCUT2D eigenvalue weighted by Gasteiger charge is -2.40. The first-order valence-electron chi connectivity index (χ1n) is 14.6. The molecule has 2 amide bonds. The van der Waals surface area contributed by atoms with E-state index in [9.17, 15) is 14.0 Å². The quantitative estimate of drug-likeness (QED) is 0.374. The standard InChI is InChI=1S/C34H39FN2O3/c1-2-36-22-10-11-23-37(33(39)34(20-8-9-21-34)27-16-18-28(35)19-17-27)29(24-26-12-4-3-5-13-26)25-40-31-15-7-6-14-30(31)32(36)38/h3-7,12-19,29H,2,8-11,20-25H2,1H3/t29-/m1/s1. The number of halogens is 1. The maximum absolute atomic E-state index is 14.8. The summed E-state index contributed by atoms with van der Waals surface area (Å²) in [5.41, 5.74) is 1.92. The van der Waals surface area contributed by atoms with Crippen molar-refractivity contribution in [2.24, 2.45) is 0 Å². The van der Waals surface area contributed by atoms with Crippen molar-refractivity contribution in [1.82, 2.24) is 9.80 Å². The Balaban J connectivity index is 1.54. The summed E-state index contributed by atoms with van der Waals surface area (Å²) in [6.45, 7) is 4.08. The number of nitrogens with zero attached hydrogens (tertiary/aromatic N) is 2. The third kappa shape index (κ3) is 5.91. The van der Waals surface area contributed by atoms with Crippen LogP contribution in [0, 0.1) is 5.82 Å². The van der Waals surface area contributed by atoms with Crippen molar-refractivity contribution in [3.63, 3.8) is 0 Å². The molecule has 6 heteroatoms. The number of benzene rings is 3. The van der Waals surface area contributed by atoms with Gasteiger partial charge in [-0.2, -0.15) is 0 Å². The van der Waals surface area contributed by atoms with Crippen LogP contribution >= 0.6 is 0 Å². The lowest BCUT2D eigenvalue weighted by molar-refractivity contribution is -0.140. The molecule has 0 radical (unpaired) electrons. The predicted molar refractivity (Wildman–Crippen MR) is 155 cm³/mol. The topological polar surface area (TPSA) is 49.9 Å². The van der Waals surface area contributed by atoms with Crippen LogP contribution in [0.5, 0.6) is 5.75 Å². The minimum Gasteiger partial charge on any atom is -0.491 e. The van der Waals surface area contributed by atoms with Gasteiger partial charge in [0, 0.05) is 19.6 Å². The Bertz CT molecular complexity index is 1290. The van der Waals surface area contributed by atoms with Gasteiger partial charge in [0.2, 0.25) is 5.91 Å². The normalized spacial score (nSPS) is 19.8. The number of hydrogen-bond acceptors (Lipinski definition) is 3. The lowest BCUT2D eigenvalue weighted by Crippen LogP contribution is -2.53. The highest BCUT2D eigenvalue weighted by molar-refractivity contribution is 5.97. The summed E-state index contributed by atoms with van der Waals surface area (Å²) >= 11 is 0. The van der Waals surface area contributed by atoms with Crippen molar-refractivity contribution < 1.29 is 18.7 Å². The molecule has 3 aromatic carbocycles. The van der Waals surface area contributed by atoms with Crippen LogP contribution in [0.1, 0.15) is 66.9 Å². The molecule has 0 N–H and O–H groups in total. The highest BCUT2D eigenvalue weighted by Crippen LogP contribution is 2.43. The van der Waals surface area contributed by atoms with Crippen LogP contribution in [0.2, 0.25) is 0 Å². The van der Waals surface area contributed by atoms with E-state index in [1.807, 2.05) is 59.2 Å². The maximum atomic E-state index is 14.8. The molecule has 1 heterocycles. The van der Waals surface area contributed by atoms with Gasteiger partial charge in [-0.15, -0.1) is 0 Å². The minimum absolute atomic E-state index is 0.0209. The summed E-state index contributed by atoms with van der Waals surface area (Å²) in [5, 5.41) is 0. The zero-order valence-corrected chi connectivity index (χ0v) is 23.4. The summed E-state index contributed by atoms with van der Waals surface area (Å²) in [5.74, 6) is 0.341. The lowest BCUT2D eigenvalue weighted by atomic mass is 9.77. The molecule has 0 unspecified atom stereocenters. The van der Waals surface area contributed by atoms with Crippen molar-refractivity contribution >= 4 is 11.8 Å². The van der Waals surface area contributed by atoms with Gasteiger partial charge in [-0.25, -0.2) is 4.39 Å². The number of amides is 2. The molecule has 40 heavy (non-hydrogen) atoms. The van der Waals surface area contributed by atoms with Gasteiger partial charge in [-0.3, -0.25) is 9.59 Å². The van der Waals surface area contributed by atoms with Crippen molar-refractivity contribution in [3.8, 4) is 5.75 Å². The van der Waals surface area contributed by atoms with Crippen molar-refractivity contribution in [3.05, 3.63) is 101 Å². The summed E-state index contributed by atoms with van der Waals surface area (Å²) < 4.78 is 20.3. The summed E-state index contributed by atoms with van der Waals surface area (Å²) in [6.07, 6.45) is 5.68. The molecule has 0 spiro atoms. The number of ether oxygens (including phenoxy) is 1. The fourth-order valence-corrected chi connectivity index (χ4v) is 6.36. The minimum atomic E-state index is -0.664. The Hall–Kier alpha value is -3.67. The van der Waals surface area contributed by atoms with Gasteiger partial charge < -0.3 is 14.5 Å². The van der Waals surface area contributed by atoms with Crippen LogP contribution in [-0.4, -0.2) is 53.9 Å². The van der Waals surface area contributed by atoms with Gasteiger partial charge in [0.05, 0.1) is 17.0 Å². The van der Waals surface area contributed by atoms with Crippen LogP contribution in [0.4, 0.5) is 4.39 Å². The van der Waals surface area contributed by atoms with E-state index in [-0.39, 0.29) is 30.3 Å². The Kier molecular flexibility index (Phi) is 8.83. The number of rotatable bonds is 5. The molecule has 0 bridgehead atoms. The van der Waals surface area contributed by atoms with Gasteiger partial charge in [0.15, 0.2) is 0 Å².